The first-order valence-electron chi connectivity index (χ1n) is 9.42. The van der Waals surface area contributed by atoms with E-state index in [-0.39, 0.29) is 16.2 Å². The van der Waals surface area contributed by atoms with Crippen molar-refractivity contribution < 1.29 is 9.53 Å². The van der Waals surface area contributed by atoms with Gasteiger partial charge in [0.1, 0.15) is 5.75 Å². The molecule has 6 nitrogen and oxygen atoms in total. The summed E-state index contributed by atoms with van der Waals surface area (Å²) in [6, 6.07) is 19.2. The van der Waals surface area contributed by atoms with E-state index >= 15 is 0 Å². The van der Waals surface area contributed by atoms with Crippen LogP contribution in [0, 0.1) is 4.77 Å². The van der Waals surface area contributed by atoms with Crippen molar-refractivity contribution in [3.05, 3.63) is 98.0 Å². The fourth-order valence-corrected chi connectivity index (χ4v) is 3.77. The summed E-state index contributed by atoms with van der Waals surface area (Å²) >= 11 is 11.4. The largest absolute Gasteiger partial charge is 0.497 e. The number of carbonyl (C=O) groups excluding carboxylic acids is 1. The van der Waals surface area contributed by atoms with Crippen LogP contribution in [0.4, 0.5) is 0 Å². The molecule has 0 spiro atoms. The predicted octanol–water partition coefficient (Wildman–Crippen LogP) is 4.64. The molecule has 8 heteroatoms. The van der Waals surface area contributed by atoms with Crippen molar-refractivity contribution in [3.8, 4) is 11.4 Å². The van der Waals surface area contributed by atoms with Gasteiger partial charge in [0, 0.05) is 17.1 Å². The van der Waals surface area contributed by atoms with E-state index in [0.717, 1.165) is 5.56 Å². The van der Waals surface area contributed by atoms with E-state index in [1.165, 1.54) is 4.57 Å². The van der Waals surface area contributed by atoms with Gasteiger partial charge in [0.05, 0.1) is 23.7 Å². The number of hydrogen-bond donors (Lipinski definition) is 2. The lowest BCUT2D eigenvalue weighted by Crippen LogP contribution is -2.24. The molecule has 156 valence electrons. The van der Waals surface area contributed by atoms with Crippen LogP contribution in [0.2, 0.25) is 5.02 Å². The van der Waals surface area contributed by atoms with Crippen molar-refractivity contribution >= 4 is 40.6 Å². The van der Waals surface area contributed by atoms with Crippen LogP contribution in [0.15, 0.2) is 71.5 Å². The summed E-state index contributed by atoms with van der Waals surface area (Å²) in [5.41, 5.74) is 2.16. The molecular formula is C23H18ClN3O3S. The topological polar surface area (TPSA) is 76.1 Å². The second-order valence-electron chi connectivity index (χ2n) is 6.84. The predicted molar refractivity (Wildman–Crippen MR) is 124 cm³/mol. The number of fused-ring (bicyclic) bond motifs is 1. The van der Waals surface area contributed by atoms with Crippen LogP contribution in [-0.2, 0) is 6.54 Å². The summed E-state index contributed by atoms with van der Waals surface area (Å²) in [5, 5.41) is 3.89. The molecule has 0 aliphatic rings. The van der Waals surface area contributed by atoms with Gasteiger partial charge in [-0.2, -0.15) is 0 Å². The smallest absolute Gasteiger partial charge is 0.266 e. The third-order valence-corrected chi connectivity index (χ3v) is 5.35. The number of aromatic nitrogens is 2. The minimum absolute atomic E-state index is 0.235. The van der Waals surface area contributed by atoms with Gasteiger partial charge in [-0.1, -0.05) is 23.7 Å². The SMILES string of the molecule is COc1ccc(-n2c(=S)[nH]c3cc(C(=O)NCc4cccc(Cl)c4)ccc3c2=O)cc1. The highest BCUT2D eigenvalue weighted by atomic mass is 35.5. The summed E-state index contributed by atoms with van der Waals surface area (Å²) in [4.78, 5) is 28.7. The van der Waals surface area contributed by atoms with Gasteiger partial charge in [0.2, 0.25) is 0 Å². The van der Waals surface area contributed by atoms with Gasteiger partial charge in [-0.3, -0.25) is 14.2 Å². The third kappa shape index (κ3) is 4.38. The minimum atomic E-state index is -0.269. The van der Waals surface area contributed by atoms with E-state index in [1.54, 1.807) is 61.7 Å². The second-order valence-corrected chi connectivity index (χ2v) is 7.66. The molecule has 1 heterocycles. The molecule has 4 aromatic rings. The van der Waals surface area contributed by atoms with E-state index in [9.17, 15) is 9.59 Å². The zero-order chi connectivity index (χ0) is 22.0. The van der Waals surface area contributed by atoms with Gasteiger partial charge in [0.15, 0.2) is 4.77 Å². The number of rotatable bonds is 5. The summed E-state index contributed by atoms with van der Waals surface area (Å²) in [7, 11) is 1.58. The fourth-order valence-electron chi connectivity index (χ4n) is 3.26. The van der Waals surface area contributed by atoms with Gasteiger partial charge >= 0.3 is 0 Å². The van der Waals surface area contributed by atoms with Gasteiger partial charge in [-0.15, -0.1) is 0 Å². The summed E-state index contributed by atoms with van der Waals surface area (Å²) < 4.78 is 6.81. The number of amides is 1. The quantitative estimate of drug-likeness (QED) is 0.433. The van der Waals surface area contributed by atoms with Crippen LogP contribution in [0.25, 0.3) is 16.6 Å². The molecule has 0 fully saturated rings. The Morgan fingerprint density at radius 2 is 1.90 bits per heavy atom. The summed E-state index contributed by atoms with van der Waals surface area (Å²) in [6.45, 7) is 0.340. The first kappa shape index (κ1) is 20.8. The zero-order valence-corrected chi connectivity index (χ0v) is 18.1. The number of nitrogens with zero attached hydrogens (tertiary/aromatic N) is 1. The highest BCUT2D eigenvalue weighted by Gasteiger charge is 2.12. The molecular weight excluding hydrogens is 434 g/mol. The number of nitrogens with one attached hydrogen (secondary N) is 2. The Kier molecular flexibility index (Phi) is 5.88. The monoisotopic (exact) mass is 451 g/mol. The highest BCUT2D eigenvalue weighted by molar-refractivity contribution is 7.71. The Morgan fingerprint density at radius 1 is 1.13 bits per heavy atom. The molecule has 0 bridgehead atoms. The van der Waals surface area contributed by atoms with Gasteiger partial charge < -0.3 is 15.0 Å². The molecule has 1 amide bonds. The van der Waals surface area contributed by atoms with Gasteiger partial charge in [-0.25, -0.2) is 0 Å². The van der Waals surface area contributed by atoms with Crippen LogP contribution >= 0.6 is 23.8 Å². The Labute approximate surface area is 188 Å². The lowest BCUT2D eigenvalue weighted by molar-refractivity contribution is 0.0951. The van der Waals surface area contributed by atoms with Crippen molar-refractivity contribution in [3.63, 3.8) is 0 Å². The van der Waals surface area contributed by atoms with Crippen LogP contribution in [0.1, 0.15) is 15.9 Å². The Balaban J connectivity index is 1.64. The molecule has 1 aromatic heterocycles. The molecule has 2 N–H and O–H groups in total. The Bertz CT molecular complexity index is 1390. The van der Waals surface area contributed by atoms with Crippen LogP contribution in [-0.4, -0.2) is 22.6 Å². The van der Waals surface area contributed by atoms with E-state index in [1.807, 2.05) is 12.1 Å². The zero-order valence-electron chi connectivity index (χ0n) is 16.5. The van der Waals surface area contributed by atoms with E-state index in [2.05, 4.69) is 10.3 Å². The van der Waals surface area contributed by atoms with E-state index in [4.69, 9.17) is 28.6 Å². The normalized spacial score (nSPS) is 10.8. The number of halogens is 1. The summed E-state index contributed by atoms with van der Waals surface area (Å²) in [5.74, 6) is 0.418. The number of benzene rings is 3. The second kappa shape index (κ2) is 8.75. The fraction of sp³-hybridized carbons (Fsp3) is 0.0870. The molecule has 0 aliphatic carbocycles. The number of methoxy groups -OCH3 is 1. The molecule has 0 atom stereocenters. The molecule has 0 saturated carbocycles. The highest BCUT2D eigenvalue weighted by Crippen LogP contribution is 2.17. The molecule has 4 rings (SSSR count). The van der Waals surface area contributed by atoms with Crippen molar-refractivity contribution in [2.45, 2.75) is 6.54 Å². The van der Waals surface area contributed by atoms with Crippen molar-refractivity contribution in [2.24, 2.45) is 0 Å². The lowest BCUT2D eigenvalue weighted by Gasteiger charge is -2.10. The number of carbonyl (C=O) groups is 1. The van der Waals surface area contributed by atoms with Crippen LogP contribution in [0.5, 0.6) is 5.75 Å². The maximum Gasteiger partial charge on any atom is 0.266 e. The molecule has 0 aliphatic heterocycles. The number of hydrogen-bond acceptors (Lipinski definition) is 4. The van der Waals surface area contributed by atoms with Crippen LogP contribution in [0.3, 0.4) is 0 Å². The van der Waals surface area contributed by atoms with Gasteiger partial charge in [-0.05, 0) is 72.4 Å². The Morgan fingerprint density at radius 3 is 2.61 bits per heavy atom. The first-order valence-corrected chi connectivity index (χ1v) is 10.2. The standard InChI is InChI=1S/C23H18ClN3O3S/c1-30-18-8-6-17(7-9-18)27-22(29)19-10-5-15(12-20(19)26-23(27)31)21(28)25-13-14-3-2-4-16(24)11-14/h2-12H,13H2,1H3,(H,25,28)(H,26,31). The first-order chi connectivity index (χ1) is 15.0. The molecule has 0 unspecified atom stereocenters. The van der Waals surface area contributed by atoms with E-state index in [0.29, 0.717) is 39.5 Å². The maximum absolute atomic E-state index is 13.1. The lowest BCUT2D eigenvalue weighted by atomic mass is 10.1. The van der Waals surface area contributed by atoms with Gasteiger partial charge in [0.25, 0.3) is 11.5 Å². The molecule has 0 radical (unpaired) electrons. The Hall–Kier alpha value is -3.42. The van der Waals surface area contributed by atoms with Crippen molar-refractivity contribution in [1.29, 1.82) is 0 Å². The maximum atomic E-state index is 13.1. The third-order valence-electron chi connectivity index (χ3n) is 4.83. The summed E-state index contributed by atoms with van der Waals surface area (Å²) in [6.07, 6.45) is 0. The molecule has 31 heavy (non-hydrogen) atoms. The van der Waals surface area contributed by atoms with E-state index < -0.39 is 0 Å². The average Bonchev–Trinajstić information content (AvgIpc) is 2.77. The van der Waals surface area contributed by atoms with Crippen LogP contribution < -0.4 is 15.6 Å². The molecule has 3 aromatic carbocycles. The van der Waals surface area contributed by atoms with Crippen molar-refractivity contribution in [1.82, 2.24) is 14.9 Å². The molecule has 0 saturated heterocycles. The number of aromatic amines is 1. The number of H-pyrrole nitrogens is 1. The number of ether oxygens (including phenoxy) is 1. The average molecular weight is 452 g/mol. The van der Waals surface area contributed by atoms with Crippen molar-refractivity contribution in [2.75, 3.05) is 7.11 Å². The minimum Gasteiger partial charge on any atom is -0.497 e.